The van der Waals surface area contributed by atoms with Crippen LogP contribution in [0.3, 0.4) is 0 Å². The first kappa shape index (κ1) is 19.9. The molecule has 3 heteroatoms. The second-order valence-corrected chi connectivity index (χ2v) is 7.04. The molecule has 0 fully saturated rings. The third kappa shape index (κ3) is 12.9. The molecule has 2 N–H and O–H groups in total. The minimum Gasteiger partial charge on any atom is -0.320 e. The van der Waals surface area contributed by atoms with E-state index < -0.39 is 0 Å². The van der Waals surface area contributed by atoms with E-state index in [-0.39, 0.29) is 0 Å². The summed E-state index contributed by atoms with van der Waals surface area (Å²) in [6, 6.07) is 0. The van der Waals surface area contributed by atoms with Crippen LogP contribution in [0.2, 0.25) is 0 Å². The van der Waals surface area contributed by atoms with Gasteiger partial charge in [-0.05, 0) is 77.3 Å². The molecular formula is C17H39N3. The van der Waals surface area contributed by atoms with Crippen molar-refractivity contribution in [3.63, 3.8) is 0 Å². The molecule has 0 heterocycles. The molecule has 3 nitrogen and oxygen atoms in total. The zero-order valence-electron chi connectivity index (χ0n) is 14.8. The van der Waals surface area contributed by atoms with E-state index >= 15 is 0 Å². The normalized spacial score (nSPS) is 15.0. The van der Waals surface area contributed by atoms with Crippen LogP contribution in [0.25, 0.3) is 0 Å². The van der Waals surface area contributed by atoms with E-state index in [1.807, 2.05) is 7.05 Å². The van der Waals surface area contributed by atoms with E-state index in [9.17, 15) is 0 Å². The van der Waals surface area contributed by atoms with Gasteiger partial charge in [0.1, 0.15) is 0 Å². The zero-order chi connectivity index (χ0) is 15.4. The lowest BCUT2D eigenvalue weighted by Gasteiger charge is -2.23. The van der Waals surface area contributed by atoms with Gasteiger partial charge in [0.05, 0.1) is 0 Å². The highest BCUT2D eigenvalue weighted by Gasteiger charge is 2.08. The lowest BCUT2D eigenvalue weighted by molar-refractivity contribution is 0.256. The van der Waals surface area contributed by atoms with Crippen molar-refractivity contribution in [1.29, 1.82) is 0 Å². The van der Waals surface area contributed by atoms with Crippen LogP contribution in [-0.4, -0.2) is 51.7 Å². The fourth-order valence-corrected chi connectivity index (χ4v) is 2.43. The summed E-state index contributed by atoms with van der Waals surface area (Å²) in [6.45, 7) is 15.2. The summed E-state index contributed by atoms with van der Waals surface area (Å²) in [5.41, 5.74) is 0. The SMILES string of the molecule is CNCCC(C)CCN(C)CC(C)CCNCC(C)C. The van der Waals surface area contributed by atoms with Gasteiger partial charge in [-0.3, -0.25) is 0 Å². The molecule has 0 aliphatic rings. The highest BCUT2D eigenvalue weighted by molar-refractivity contribution is 4.64. The smallest absolute Gasteiger partial charge is 0.000444 e. The summed E-state index contributed by atoms with van der Waals surface area (Å²) in [6.07, 6.45) is 3.89. The van der Waals surface area contributed by atoms with Crippen molar-refractivity contribution >= 4 is 0 Å². The van der Waals surface area contributed by atoms with Crippen LogP contribution in [0.15, 0.2) is 0 Å². The molecule has 0 aromatic carbocycles. The Morgan fingerprint density at radius 1 is 0.900 bits per heavy atom. The standard InChI is InChI=1S/C17H39N3/c1-15(2)13-19-11-8-17(4)14-20(6)12-9-16(3)7-10-18-5/h15-19H,7-14H2,1-6H3. The molecular weight excluding hydrogens is 246 g/mol. The Kier molecular flexibility index (Phi) is 12.5. The number of hydrogen-bond acceptors (Lipinski definition) is 3. The molecule has 0 saturated carbocycles. The summed E-state index contributed by atoms with van der Waals surface area (Å²) in [4.78, 5) is 2.50. The Hall–Kier alpha value is -0.120. The summed E-state index contributed by atoms with van der Waals surface area (Å²) in [7, 11) is 4.30. The molecule has 2 unspecified atom stereocenters. The Morgan fingerprint density at radius 3 is 2.15 bits per heavy atom. The number of rotatable bonds is 13. The second-order valence-electron chi connectivity index (χ2n) is 7.04. The lowest BCUT2D eigenvalue weighted by Crippen LogP contribution is -2.29. The molecule has 0 spiro atoms. The first-order chi connectivity index (χ1) is 9.45. The van der Waals surface area contributed by atoms with Gasteiger partial charge in [-0.25, -0.2) is 0 Å². The topological polar surface area (TPSA) is 27.3 Å². The Labute approximate surface area is 127 Å². The minimum atomic E-state index is 0.757. The van der Waals surface area contributed by atoms with Crippen molar-refractivity contribution in [3.8, 4) is 0 Å². The maximum atomic E-state index is 3.54. The third-order valence-corrected chi connectivity index (χ3v) is 3.88. The lowest BCUT2D eigenvalue weighted by atomic mass is 10.0. The van der Waals surface area contributed by atoms with Crippen molar-refractivity contribution in [2.24, 2.45) is 17.8 Å². The van der Waals surface area contributed by atoms with Gasteiger partial charge in [0, 0.05) is 6.54 Å². The highest BCUT2D eigenvalue weighted by atomic mass is 15.1. The largest absolute Gasteiger partial charge is 0.320 e. The van der Waals surface area contributed by atoms with Crippen LogP contribution in [0.5, 0.6) is 0 Å². The van der Waals surface area contributed by atoms with Crippen molar-refractivity contribution < 1.29 is 0 Å². The van der Waals surface area contributed by atoms with Crippen LogP contribution >= 0.6 is 0 Å². The molecule has 0 aromatic rings. The van der Waals surface area contributed by atoms with Crippen molar-refractivity contribution in [3.05, 3.63) is 0 Å². The first-order valence-corrected chi connectivity index (χ1v) is 8.49. The molecule has 0 bridgehead atoms. The predicted octanol–water partition coefficient (Wildman–Crippen LogP) is 2.83. The Balaban J connectivity index is 3.56. The number of hydrogen-bond donors (Lipinski definition) is 2. The van der Waals surface area contributed by atoms with E-state index in [0.29, 0.717) is 0 Å². The predicted molar refractivity (Wildman–Crippen MR) is 91.3 cm³/mol. The highest BCUT2D eigenvalue weighted by Crippen LogP contribution is 2.09. The molecule has 0 amide bonds. The average molecular weight is 286 g/mol. The Bertz CT molecular complexity index is 206. The maximum Gasteiger partial charge on any atom is 0.000444 e. The van der Waals surface area contributed by atoms with Gasteiger partial charge in [0.15, 0.2) is 0 Å². The van der Waals surface area contributed by atoms with Crippen LogP contribution in [0.4, 0.5) is 0 Å². The summed E-state index contributed by atoms with van der Waals surface area (Å²) >= 11 is 0. The van der Waals surface area contributed by atoms with Gasteiger partial charge >= 0.3 is 0 Å². The van der Waals surface area contributed by atoms with Crippen molar-refractivity contribution in [2.45, 2.75) is 47.0 Å². The van der Waals surface area contributed by atoms with E-state index in [0.717, 1.165) is 37.4 Å². The van der Waals surface area contributed by atoms with Crippen LogP contribution < -0.4 is 10.6 Å². The quantitative estimate of drug-likeness (QED) is 0.510. The summed E-state index contributed by atoms with van der Waals surface area (Å²) < 4.78 is 0. The molecule has 0 radical (unpaired) electrons. The van der Waals surface area contributed by atoms with Gasteiger partial charge in [0.25, 0.3) is 0 Å². The summed E-state index contributed by atoms with van der Waals surface area (Å²) in [5, 5.41) is 6.77. The van der Waals surface area contributed by atoms with Crippen molar-refractivity contribution in [2.75, 3.05) is 46.8 Å². The molecule has 2 atom stereocenters. The molecule has 0 aliphatic carbocycles. The fourth-order valence-electron chi connectivity index (χ4n) is 2.43. The zero-order valence-corrected chi connectivity index (χ0v) is 14.8. The minimum absolute atomic E-state index is 0.757. The van der Waals surface area contributed by atoms with Crippen LogP contribution in [-0.2, 0) is 0 Å². The van der Waals surface area contributed by atoms with Gasteiger partial charge in [-0.1, -0.05) is 27.7 Å². The first-order valence-electron chi connectivity index (χ1n) is 8.49. The fraction of sp³-hybridized carbons (Fsp3) is 1.00. The van der Waals surface area contributed by atoms with E-state index in [1.54, 1.807) is 0 Å². The molecule has 0 saturated heterocycles. The van der Waals surface area contributed by atoms with Crippen molar-refractivity contribution in [1.82, 2.24) is 15.5 Å². The van der Waals surface area contributed by atoms with Crippen LogP contribution in [0, 0.1) is 17.8 Å². The number of nitrogens with one attached hydrogen (secondary N) is 2. The number of nitrogens with zero attached hydrogens (tertiary/aromatic N) is 1. The maximum absolute atomic E-state index is 3.54. The van der Waals surface area contributed by atoms with Gasteiger partial charge < -0.3 is 15.5 Å². The molecule has 122 valence electrons. The molecule has 20 heavy (non-hydrogen) atoms. The van der Waals surface area contributed by atoms with Gasteiger partial charge in [-0.2, -0.15) is 0 Å². The second kappa shape index (κ2) is 12.6. The summed E-state index contributed by atoms with van der Waals surface area (Å²) in [5.74, 6) is 2.37. The Morgan fingerprint density at radius 2 is 1.55 bits per heavy atom. The van der Waals surface area contributed by atoms with E-state index in [4.69, 9.17) is 0 Å². The van der Waals surface area contributed by atoms with Crippen LogP contribution in [0.1, 0.15) is 47.0 Å². The molecule has 0 aromatic heterocycles. The molecule has 0 rings (SSSR count). The van der Waals surface area contributed by atoms with Gasteiger partial charge in [-0.15, -0.1) is 0 Å². The average Bonchev–Trinajstić information content (AvgIpc) is 2.38. The van der Waals surface area contributed by atoms with Gasteiger partial charge in [0.2, 0.25) is 0 Å². The monoisotopic (exact) mass is 285 g/mol. The van der Waals surface area contributed by atoms with E-state index in [2.05, 4.69) is 50.3 Å². The van der Waals surface area contributed by atoms with E-state index in [1.165, 1.54) is 32.4 Å². The molecule has 0 aliphatic heterocycles. The third-order valence-electron chi connectivity index (χ3n) is 3.88.